The van der Waals surface area contributed by atoms with Crippen LogP contribution in [0.1, 0.15) is 63.1 Å². The van der Waals surface area contributed by atoms with Crippen LogP contribution in [0.2, 0.25) is 5.02 Å². The van der Waals surface area contributed by atoms with Crippen molar-refractivity contribution in [3.63, 3.8) is 0 Å². The molecule has 0 bridgehead atoms. The minimum atomic E-state index is -0.956. The summed E-state index contributed by atoms with van der Waals surface area (Å²) in [6, 6.07) is 13.5. The molecule has 0 saturated carbocycles. The number of H-pyrrole nitrogens is 1. The van der Waals surface area contributed by atoms with Gasteiger partial charge in [-0.2, -0.15) is 0 Å². The zero-order chi connectivity index (χ0) is 29.5. The summed E-state index contributed by atoms with van der Waals surface area (Å²) in [5, 5.41) is 19.4. The number of carbonyl (C=O) groups is 2. The summed E-state index contributed by atoms with van der Waals surface area (Å²) in [6.07, 6.45) is 9.82. The number of carbonyl (C=O) groups excluding carboxylic acids is 1. The van der Waals surface area contributed by atoms with Crippen molar-refractivity contribution in [2.75, 3.05) is 29.9 Å². The Balaban J connectivity index is 1.20. The van der Waals surface area contributed by atoms with Crippen molar-refractivity contribution in [1.29, 1.82) is 0 Å². The summed E-state index contributed by atoms with van der Waals surface area (Å²) in [5.41, 5.74) is 6.35. The van der Waals surface area contributed by atoms with Gasteiger partial charge >= 0.3 is 6.09 Å². The first-order valence-corrected chi connectivity index (χ1v) is 15.4. The van der Waals surface area contributed by atoms with Gasteiger partial charge in [-0.25, -0.2) is 4.79 Å². The lowest BCUT2D eigenvalue weighted by molar-refractivity contribution is -0.119. The Morgan fingerprint density at radius 2 is 1.90 bits per heavy atom. The van der Waals surface area contributed by atoms with Crippen LogP contribution >= 0.6 is 11.6 Å². The van der Waals surface area contributed by atoms with Crippen LogP contribution < -0.4 is 15.5 Å². The summed E-state index contributed by atoms with van der Waals surface area (Å²) in [7, 11) is 0. The molecule has 4 N–H and O–H groups in total. The Morgan fingerprint density at radius 1 is 1.05 bits per heavy atom. The number of nitrogens with one attached hydrogen (secondary N) is 3. The predicted molar refractivity (Wildman–Crippen MR) is 171 cm³/mol. The van der Waals surface area contributed by atoms with E-state index >= 15 is 0 Å². The molecule has 2 aromatic heterocycles. The molecule has 2 aromatic carbocycles. The number of aromatic amines is 1. The van der Waals surface area contributed by atoms with E-state index in [-0.39, 0.29) is 5.91 Å². The van der Waals surface area contributed by atoms with E-state index in [1.807, 2.05) is 48.7 Å². The number of aryl methyl sites for hydroxylation is 1. The average Bonchev–Trinajstić information content (AvgIpc) is 3.44. The second-order valence-electron chi connectivity index (χ2n) is 11.3. The number of halogens is 1. The van der Waals surface area contributed by atoms with E-state index in [9.17, 15) is 14.7 Å². The van der Waals surface area contributed by atoms with Gasteiger partial charge in [-0.15, -0.1) is 0 Å². The van der Waals surface area contributed by atoms with E-state index in [4.69, 9.17) is 16.6 Å². The average molecular weight is 590 g/mol. The molecule has 0 saturated heterocycles. The highest BCUT2D eigenvalue weighted by Crippen LogP contribution is 2.34. The van der Waals surface area contributed by atoms with Gasteiger partial charge in [0.05, 0.1) is 5.52 Å². The minimum absolute atomic E-state index is 0.0436. The minimum Gasteiger partial charge on any atom is -0.465 e. The molecule has 1 unspecified atom stereocenters. The zero-order valence-electron chi connectivity index (χ0n) is 24.2. The lowest BCUT2D eigenvalue weighted by Crippen LogP contribution is -2.32. The first kappa shape index (κ1) is 29.7. The molecule has 222 valence electrons. The van der Waals surface area contributed by atoms with Gasteiger partial charge in [-0.1, -0.05) is 24.4 Å². The van der Waals surface area contributed by atoms with Crippen molar-refractivity contribution in [2.45, 2.75) is 64.7 Å². The van der Waals surface area contributed by atoms with Crippen LogP contribution in [-0.2, 0) is 17.6 Å². The smallest absolute Gasteiger partial charge is 0.411 e. The molecule has 1 aliphatic rings. The van der Waals surface area contributed by atoms with Crippen molar-refractivity contribution < 1.29 is 14.7 Å². The standard InChI is InChI=1S/C33H40ClN5O3/c1-22(40)35-17-13-23(15-19-39(33(41)42)26-10-12-29-24(20-26)14-18-36-29)6-4-5-16-37-32-27-7-2-3-8-30(27)38-31-11-9-25(34)21-28(31)32/h9-12,14,18,20-21,23,36H,2-8,13,15-17,19H2,1H3,(H,35,40)(H,37,38)(H,41,42). The van der Waals surface area contributed by atoms with Crippen molar-refractivity contribution >= 4 is 56.8 Å². The third-order valence-electron chi connectivity index (χ3n) is 8.33. The fourth-order valence-electron chi connectivity index (χ4n) is 6.11. The summed E-state index contributed by atoms with van der Waals surface area (Å²) in [4.78, 5) is 33.2. The summed E-state index contributed by atoms with van der Waals surface area (Å²) in [5.74, 6) is 0.251. The monoisotopic (exact) mass is 589 g/mol. The Morgan fingerprint density at radius 3 is 2.74 bits per heavy atom. The van der Waals surface area contributed by atoms with Gasteiger partial charge in [-0.05, 0) is 98.9 Å². The molecular formula is C33H40ClN5O3. The van der Waals surface area contributed by atoms with Gasteiger partial charge in [0.1, 0.15) is 0 Å². The molecule has 0 spiro atoms. The number of amides is 2. The summed E-state index contributed by atoms with van der Waals surface area (Å²) >= 11 is 6.36. The van der Waals surface area contributed by atoms with E-state index in [2.05, 4.69) is 15.6 Å². The second-order valence-corrected chi connectivity index (χ2v) is 11.7. The van der Waals surface area contributed by atoms with Gasteiger partial charge in [0.2, 0.25) is 5.91 Å². The molecule has 9 heteroatoms. The maximum absolute atomic E-state index is 12.2. The second kappa shape index (κ2) is 13.9. The van der Waals surface area contributed by atoms with Crippen LogP contribution in [0.3, 0.4) is 0 Å². The molecule has 42 heavy (non-hydrogen) atoms. The van der Waals surface area contributed by atoms with Crippen LogP contribution in [0.5, 0.6) is 0 Å². The highest BCUT2D eigenvalue weighted by atomic mass is 35.5. The number of hydrogen-bond donors (Lipinski definition) is 4. The van der Waals surface area contributed by atoms with Crippen LogP contribution in [0, 0.1) is 5.92 Å². The number of rotatable bonds is 13. The lowest BCUT2D eigenvalue weighted by atomic mass is 9.92. The molecule has 1 atom stereocenters. The normalized spacial score (nSPS) is 13.6. The highest BCUT2D eigenvalue weighted by molar-refractivity contribution is 6.31. The SMILES string of the molecule is CC(=O)NCCC(CCCCNc1c2c(nc3ccc(Cl)cc13)CCCC2)CCN(C(=O)O)c1ccc2[nH]ccc2c1. The Bertz CT molecular complexity index is 1550. The molecule has 8 nitrogen and oxygen atoms in total. The molecule has 0 fully saturated rings. The van der Waals surface area contributed by atoms with Gasteiger partial charge in [-0.3, -0.25) is 14.7 Å². The molecule has 5 rings (SSSR count). The van der Waals surface area contributed by atoms with Crippen molar-refractivity contribution in [3.8, 4) is 0 Å². The Kier molecular flexibility index (Phi) is 9.85. The third kappa shape index (κ3) is 7.34. The van der Waals surface area contributed by atoms with E-state index in [1.165, 1.54) is 41.6 Å². The molecule has 0 aliphatic heterocycles. The van der Waals surface area contributed by atoms with Crippen LogP contribution in [-0.4, -0.2) is 46.7 Å². The molecular weight excluding hydrogens is 550 g/mol. The maximum atomic E-state index is 12.2. The molecule has 4 aromatic rings. The highest BCUT2D eigenvalue weighted by Gasteiger charge is 2.20. The van der Waals surface area contributed by atoms with Gasteiger partial charge in [0.25, 0.3) is 0 Å². The van der Waals surface area contributed by atoms with Crippen molar-refractivity contribution in [3.05, 3.63) is 64.9 Å². The number of hydrogen-bond acceptors (Lipinski definition) is 4. The molecule has 0 radical (unpaired) electrons. The Labute approximate surface area is 251 Å². The van der Waals surface area contributed by atoms with Gasteiger partial charge in [0.15, 0.2) is 0 Å². The fourth-order valence-corrected chi connectivity index (χ4v) is 6.28. The first-order valence-electron chi connectivity index (χ1n) is 15.1. The van der Waals surface area contributed by atoms with Crippen molar-refractivity contribution in [2.24, 2.45) is 5.92 Å². The summed E-state index contributed by atoms with van der Waals surface area (Å²) < 4.78 is 0. The van der Waals surface area contributed by atoms with E-state index in [0.29, 0.717) is 29.7 Å². The number of nitrogens with zero attached hydrogens (tertiary/aromatic N) is 2. The van der Waals surface area contributed by atoms with E-state index in [0.717, 1.165) is 73.3 Å². The number of aromatic nitrogens is 2. The predicted octanol–water partition coefficient (Wildman–Crippen LogP) is 7.55. The molecule has 2 heterocycles. The number of fused-ring (bicyclic) bond motifs is 3. The topological polar surface area (TPSA) is 110 Å². The first-order chi connectivity index (χ1) is 20.4. The number of carboxylic acid groups (broad SMARTS) is 1. The quantitative estimate of drug-likeness (QED) is 0.120. The summed E-state index contributed by atoms with van der Waals surface area (Å²) in [6.45, 7) is 3.37. The Hall–Kier alpha value is -3.78. The van der Waals surface area contributed by atoms with E-state index in [1.54, 1.807) is 0 Å². The third-order valence-corrected chi connectivity index (χ3v) is 8.57. The number of unbranched alkanes of at least 4 members (excludes halogenated alkanes) is 1. The van der Waals surface area contributed by atoms with Crippen LogP contribution in [0.15, 0.2) is 48.7 Å². The largest absolute Gasteiger partial charge is 0.465 e. The van der Waals surface area contributed by atoms with Gasteiger partial charge < -0.3 is 20.7 Å². The maximum Gasteiger partial charge on any atom is 0.411 e. The number of benzene rings is 2. The molecule has 1 aliphatic carbocycles. The number of pyridine rings is 1. The van der Waals surface area contributed by atoms with Crippen LogP contribution in [0.4, 0.5) is 16.2 Å². The van der Waals surface area contributed by atoms with Gasteiger partial charge in [0, 0.05) is 71.1 Å². The molecule has 2 amide bonds. The lowest BCUT2D eigenvalue weighted by Gasteiger charge is -2.24. The van der Waals surface area contributed by atoms with Crippen LogP contribution in [0.25, 0.3) is 21.8 Å². The fraction of sp³-hybridized carbons (Fsp3) is 0.424. The van der Waals surface area contributed by atoms with E-state index < -0.39 is 6.09 Å². The zero-order valence-corrected chi connectivity index (χ0v) is 25.0. The number of anilines is 2. The van der Waals surface area contributed by atoms with Crippen molar-refractivity contribution in [1.82, 2.24) is 15.3 Å².